The molecule has 0 aliphatic carbocycles. The minimum Gasteiger partial charge on any atom is -0.444 e. The van der Waals surface area contributed by atoms with E-state index in [1.165, 1.54) is 0 Å². The Balaban J connectivity index is 0.00000363. The molecular formula is C24H36IN5O2. The smallest absolute Gasteiger partial charge is 0.226 e. The second-order valence-corrected chi connectivity index (χ2v) is 7.96. The quantitative estimate of drug-likeness (QED) is 0.287. The van der Waals surface area contributed by atoms with Gasteiger partial charge >= 0.3 is 0 Å². The van der Waals surface area contributed by atoms with Crippen molar-refractivity contribution in [1.82, 2.24) is 20.5 Å². The van der Waals surface area contributed by atoms with Crippen LogP contribution in [0, 0.1) is 5.92 Å². The number of benzene rings is 1. The lowest BCUT2D eigenvalue weighted by Crippen LogP contribution is -2.50. The monoisotopic (exact) mass is 553 g/mol. The Morgan fingerprint density at radius 1 is 1.19 bits per heavy atom. The van der Waals surface area contributed by atoms with Gasteiger partial charge in [0.15, 0.2) is 5.96 Å². The van der Waals surface area contributed by atoms with Crippen LogP contribution in [-0.4, -0.2) is 47.4 Å². The third kappa shape index (κ3) is 7.21. The van der Waals surface area contributed by atoms with E-state index < -0.39 is 0 Å². The van der Waals surface area contributed by atoms with E-state index in [0.717, 1.165) is 62.5 Å². The Bertz CT molecular complexity index is 843. The summed E-state index contributed by atoms with van der Waals surface area (Å²) in [6.07, 6.45) is 5.35. The first-order chi connectivity index (χ1) is 15.1. The van der Waals surface area contributed by atoms with Gasteiger partial charge in [0.25, 0.3) is 0 Å². The molecule has 7 nitrogen and oxygen atoms in total. The predicted octanol–water partition coefficient (Wildman–Crippen LogP) is 4.44. The zero-order chi connectivity index (χ0) is 22.1. The lowest BCUT2D eigenvalue weighted by Gasteiger charge is -2.34. The molecule has 3 rings (SSSR count). The first-order valence-corrected chi connectivity index (χ1v) is 11.5. The maximum Gasteiger partial charge on any atom is 0.226 e. The zero-order valence-corrected chi connectivity index (χ0v) is 21.7. The summed E-state index contributed by atoms with van der Waals surface area (Å²) in [5, 5.41) is 6.83. The number of amides is 1. The number of likely N-dealkylation sites (tertiary alicyclic amines) is 1. The fourth-order valence-electron chi connectivity index (χ4n) is 3.91. The molecule has 2 N–H and O–H groups in total. The molecule has 1 aliphatic heterocycles. The highest BCUT2D eigenvalue weighted by Gasteiger charge is 2.26. The van der Waals surface area contributed by atoms with E-state index >= 15 is 0 Å². The highest BCUT2D eigenvalue weighted by atomic mass is 127. The van der Waals surface area contributed by atoms with Crippen molar-refractivity contribution in [3.63, 3.8) is 0 Å². The minimum absolute atomic E-state index is 0. The zero-order valence-electron chi connectivity index (χ0n) is 19.3. The van der Waals surface area contributed by atoms with Crippen LogP contribution in [0.25, 0.3) is 11.5 Å². The third-order valence-electron chi connectivity index (χ3n) is 5.80. The van der Waals surface area contributed by atoms with Gasteiger partial charge in [-0.25, -0.2) is 9.98 Å². The summed E-state index contributed by atoms with van der Waals surface area (Å²) in [6.45, 7) is 9.07. The molecule has 176 valence electrons. The van der Waals surface area contributed by atoms with Crippen LogP contribution in [0.15, 0.2) is 46.0 Å². The Hall–Kier alpha value is -2.10. The number of nitrogens with one attached hydrogen (secondary N) is 2. The molecule has 0 atom stereocenters. The molecule has 0 unspecified atom stereocenters. The standard InChI is InChI=1S/C24H35N5O2.HI/c1-4-18(5-2)23(30)29-14-12-20(13-15-29)28-24(25-6-3)26-16-21-17-31-22(27-21)19-10-8-7-9-11-19;/h7-11,17-18,20H,4-6,12-16H2,1-3H3,(H2,25,26,28);1H. The number of guanidine groups is 1. The number of carbonyl (C=O) groups excluding carboxylic acids is 1. The number of carbonyl (C=O) groups is 1. The van der Waals surface area contributed by atoms with Gasteiger partial charge in [-0.2, -0.15) is 0 Å². The molecule has 1 aliphatic rings. The Morgan fingerprint density at radius 3 is 2.50 bits per heavy atom. The number of halogens is 1. The molecule has 2 heterocycles. The molecule has 2 aromatic rings. The first kappa shape index (κ1) is 26.2. The van der Waals surface area contributed by atoms with Crippen molar-refractivity contribution in [3.8, 4) is 11.5 Å². The van der Waals surface area contributed by atoms with E-state index in [-0.39, 0.29) is 29.9 Å². The van der Waals surface area contributed by atoms with E-state index in [4.69, 9.17) is 4.42 Å². The van der Waals surface area contributed by atoms with Crippen LogP contribution < -0.4 is 10.6 Å². The number of aliphatic imine (C=N–C) groups is 1. The summed E-state index contributed by atoms with van der Waals surface area (Å²) in [7, 11) is 0. The molecule has 0 spiro atoms. The molecule has 0 bridgehead atoms. The summed E-state index contributed by atoms with van der Waals surface area (Å²) < 4.78 is 5.61. The summed E-state index contributed by atoms with van der Waals surface area (Å²) in [5.74, 6) is 1.85. The maximum atomic E-state index is 12.6. The van der Waals surface area contributed by atoms with E-state index in [1.807, 2.05) is 35.2 Å². The van der Waals surface area contributed by atoms with Crippen molar-refractivity contribution in [1.29, 1.82) is 0 Å². The fourth-order valence-corrected chi connectivity index (χ4v) is 3.91. The Morgan fingerprint density at radius 2 is 1.88 bits per heavy atom. The molecule has 1 aromatic carbocycles. The summed E-state index contributed by atoms with van der Waals surface area (Å²) in [6, 6.07) is 10.2. The molecular weight excluding hydrogens is 517 g/mol. The van der Waals surface area contributed by atoms with Crippen molar-refractivity contribution in [3.05, 3.63) is 42.3 Å². The van der Waals surface area contributed by atoms with Crippen LogP contribution >= 0.6 is 24.0 Å². The van der Waals surface area contributed by atoms with Gasteiger partial charge in [0.05, 0.1) is 6.54 Å². The summed E-state index contributed by atoms with van der Waals surface area (Å²) in [4.78, 5) is 23.9. The van der Waals surface area contributed by atoms with Gasteiger partial charge in [-0.05, 0) is 44.7 Å². The van der Waals surface area contributed by atoms with Crippen LogP contribution in [0.1, 0.15) is 52.1 Å². The van der Waals surface area contributed by atoms with Crippen molar-refractivity contribution < 1.29 is 9.21 Å². The second kappa shape index (κ2) is 13.4. The lowest BCUT2D eigenvalue weighted by atomic mass is 9.98. The number of hydrogen-bond acceptors (Lipinski definition) is 4. The molecule has 1 amide bonds. The van der Waals surface area contributed by atoms with E-state index in [2.05, 4.69) is 41.4 Å². The van der Waals surface area contributed by atoms with Gasteiger partial charge in [0.1, 0.15) is 12.0 Å². The van der Waals surface area contributed by atoms with Crippen molar-refractivity contribution in [2.24, 2.45) is 10.9 Å². The third-order valence-corrected chi connectivity index (χ3v) is 5.80. The average Bonchev–Trinajstić information content (AvgIpc) is 3.28. The maximum absolute atomic E-state index is 12.6. The van der Waals surface area contributed by atoms with Gasteiger partial charge in [-0.3, -0.25) is 4.79 Å². The van der Waals surface area contributed by atoms with Gasteiger partial charge in [-0.1, -0.05) is 32.0 Å². The second-order valence-electron chi connectivity index (χ2n) is 7.96. The fraction of sp³-hybridized carbons (Fsp3) is 0.542. The van der Waals surface area contributed by atoms with Gasteiger partial charge in [0, 0.05) is 37.2 Å². The van der Waals surface area contributed by atoms with E-state index in [1.54, 1.807) is 6.26 Å². The molecule has 1 fully saturated rings. The molecule has 1 saturated heterocycles. The molecule has 8 heteroatoms. The van der Waals surface area contributed by atoms with Crippen LogP contribution in [0.3, 0.4) is 0 Å². The SMILES string of the molecule is CCNC(=NCc1coc(-c2ccccc2)n1)NC1CCN(C(=O)C(CC)CC)CC1.I. The minimum atomic E-state index is 0. The number of piperidine rings is 1. The topological polar surface area (TPSA) is 82.8 Å². The van der Waals surface area contributed by atoms with Gasteiger partial charge in [0.2, 0.25) is 11.8 Å². The number of oxazole rings is 1. The van der Waals surface area contributed by atoms with Crippen LogP contribution in [0.2, 0.25) is 0 Å². The lowest BCUT2D eigenvalue weighted by molar-refractivity contribution is -0.136. The van der Waals surface area contributed by atoms with Gasteiger partial charge < -0.3 is 20.0 Å². The molecule has 0 radical (unpaired) electrons. The van der Waals surface area contributed by atoms with Crippen LogP contribution in [0.5, 0.6) is 0 Å². The molecule has 0 saturated carbocycles. The van der Waals surface area contributed by atoms with Crippen molar-refractivity contribution in [2.75, 3.05) is 19.6 Å². The summed E-state index contributed by atoms with van der Waals surface area (Å²) >= 11 is 0. The number of rotatable bonds is 8. The average molecular weight is 553 g/mol. The van der Waals surface area contributed by atoms with E-state index in [9.17, 15) is 4.79 Å². The van der Waals surface area contributed by atoms with Crippen molar-refractivity contribution >= 4 is 35.8 Å². The number of aromatic nitrogens is 1. The normalized spacial score (nSPS) is 14.9. The number of nitrogens with zero attached hydrogens (tertiary/aromatic N) is 3. The Labute approximate surface area is 208 Å². The molecule has 32 heavy (non-hydrogen) atoms. The predicted molar refractivity (Wildman–Crippen MR) is 139 cm³/mol. The molecule has 1 aromatic heterocycles. The first-order valence-electron chi connectivity index (χ1n) is 11.5. The van der Waals surface area contributed by atoms with Crippen LogP contribution in [-0.2, 0) is 11.3 Å². The largest absolute Gasteiger partial charge is 0.444 e. The summed E-state index contributed by atoms with van der Waals surface area (Å²) in [5.41, 5.74) is 1.75. The Kier molecular flexibility index (Phi) is 11.0. The highest BCUT2D eigenvalue weighted by molar-refractivity contribution is 14.0. The van der Waals surface area contributed by atoms with Gasteiger partial charge in [-0.15, -0.1) is 24.0 Å². The van der Waals surface area contributed by atoms with E-state index in [0.29, 0.717) is 24.4 Å². The number of hydrogen-bond donors (Lipinski definition) is 2. The van der Waals surface area contributed by atoms with Crippen molar-refractivity contribution in [2.45, 2.75) is 59.0 Å². The van der Waals surface area contributed by atoms with Crippen LogP contribution in [0.4, 0.5) is 0 Å². The highest BCUT2D eigenvalue weighted by Crippen LogP contribution is 2.19.